The summed E-state index contributed by atoms with van der Waals surface area (Å²) < 4.78 is 0. The normalized spacial score (nSPS) is 18.8. The van der Waals surface area contributed by atoms with E-state index in [1.54, 1.807) is 0 Å². The van der Waals surface area contributed by atoms with Crippen molar-refractivity contribution >= 4 is 0 Å². The van der Waals surface area contributed by atoms with E-state index in [2.05, 4.69) is 43.3 Å². The van der Waals surface area contributed by atoms with Crippen molar-refractivity contribution in [3.8, 4) is 11.3 Å². The maximum absolute atomic E-state index is 4.83. The van der Waals surface area contributed by atoms with E-state index >= 15 is 0 Å². The van der Waals surface area contributed by atoms with Crippen molar-refractivity contribution in [2.75, 3.05) is 0 Å². The van der Waals surface area contributed by atoms with Gasteiger partial charge in [-0.2, -0.15) is 0 Å². The van der Waals surface area contributed by atoms with E-state index in [1.165, 1.54) is 29.7 Å². The van der Waals surface area contributed by atoms with Crippen LogP contribution in [0.1, 0.15) is 36.9 Å². The zero-order chi connectivity index (χ0) is 11.7. The van der Waals surface area contributed by atoms with Crippen molar-refractivity contribution in [3.05, 3.63) is 53.7 Å². The fourth-order valence-corrected chi connectivity index (χ4v) is 2.66. The van der Waals surface area contributed by atoms with Gasteiger partial charge in [-0.1, -0.05) is 43.3 Å². The molecule has 0 N–H and O–H groups in total. The van der Waals surface area contributed by atoms with Crippen LogP contribution in [0.3, 0.4) is 0 Å². The monoisotopic (exact) mass is 223 g/mol. The number of aryl methyl sites for hydroxylation is 1. The Morgan fingerprint density at radius 1 is 1.06 bits per heavy atom. The van der Waals surface area contributed by atoms with Crippen LogP contribution in [0.15, 0.2) is 42.5 Å². The number of rotatable bonds is 1. The molecule has 0 amide bonds. The van der Waals surface area contributed by atoms with Crippen LogP contribution in [-0.2, 0) is 6.42 Å². The molecule has 0 radical (unpaired) electrons. The summed E-state index contributed by atoms with van der Waals surface area (Å²) in [5.41, 5.74) is 5.09. The summed E-state index contributed by atoms with van der Waals surface area (Å²) in [4.78, 5) is 4.83. The number of pyridine rings is 1. The minimum Gasteiger partial charge on any atom is -0.253 e. The molecule has 1 atom stereocenters. The van der Waals surface area contributed by atoms with Crippen LogP contribution in [0.4, 0.5) is 0 Å². The maximum Gasteiger partial charge on any atom is 0.0705 e. The fourth-order valence-electron chi connectivity index (χ4n) is 2.66. The molecular formula is C16H17N. The number of fused-ring (bicyclic) bond motifs is 1. The van der Waals surface area contributed by atoms with E-state index in [9.17, 15) is 0 Å². The Bertz CT molecular complexity index is 516. The van der Waals surface area contributed by atoms with Crippen molar-refractivity contribution in [3.63, 3.8) is 0 Å². The van der Waals surface area contributed by atoms with Crippen LogP contribution in [0.2, 0.25) is 0 Å². The van der Waals surface area contributed by atoms with E-state index < -0.39 is 0 Å². The minimum absolute atomic E-state index is 0.677. The highest BCUT2D eigenvalue weighted by Gasteiger charge is 2.17. The molecule has 2 aromatic rings. The van der Waals surface area contributed by atoms with Gasteiger partial charge < -0.3 is 0 Å². The van der Waals surface area contributed by atoms with Gasteiger partial charge in [0.15, 0.2) is 0 Å². The van der Waals surface area contributed by atoms with Gasteiger partial charge in [-0.15, -0.1) is 0 Å². The number of benzene rings is 1. The summed E-state index contributed by atoms with van der Waals surface area (Å²) in [7, 11) is 0. The third kappa shape index (κ3) is 1.97. The third-order valence-corrected chi connectivity index (χ3v) is 3.66. The SMILES string of the molecule is CC1CCCc2nc(-c3ccccc3)ccc21. The van der Waals surface area contributed by atoms with Crippen molar-refractivity contribution in [2.24, 2.45) is 0 Å². The largest absolute Gasteiger partial charge is 0.253 e. The van der Waals surface area contributed by atoms with Gasteiger partial charge in [-0.25, -0.2) is 0 Å². The first-order valence-corrected chi connectivity index (χ1v) is 6.40. The first kappa shape index (κ1) is 10.5. The van der Waals surface area contributed by atoms with Crippen molar-refractivity contribution < 1.29 is 0 Å². The molecule has 1 aliphatic rings. The second-order valence-electron chi connectivity index (χ2n) is 4.89. The average molecular weight is 223 g/mol. The smallest absolute Gasteiger partial charge is 0.0705 e. The molecule has 1 aromatic carbocycles. The lowest BCUT2D eigenvalue weighted by molar-refractivity contribution is 0.579. The Morgan fingerprint density at radius 2 is 1.88 bits per heavy atom. The Hall–Kier alpha value is -1.63. The average Bonchev–Trinajstić information content (AvgIpc) is 2.40. The lowest BCUT2D eigenvalue weighted by atomic mass is 9.86. The lowest BCUT2D eigenvalue weighted by Crippen LogP contribution is -2.09. The van der Waals surface area contributed by atoms with Crippen LogP contribution >= 0.6 is 0 Å². The van der Waals surface area contributed by atoms with Crippen LogP contribution in [0, 0.1) is 0 Å². The predicted molar refractivity (Wildman–Crippen MR) is 71.0 cm³/mol. The Morgan fingerprint density at radius 3 is 2.71 bits per heavy atom. The highest BCUT2D eigenvalue weighted by atomic mass is 14.7. The molecule has 1 nitrogen and oxygen atoms in total. The number of hydrogen-bond donors (Lipinski definition) is 0. The van der Waals surface area contributed by atoms with E-state index in [-0.39, 0.29) is 0 Å². The Kier molecular flexibility index (Phi) is 2.68. The topological polar surface area (TPSA) is 12.9 Å². The van der Waals surface area contributed by atoms with Crippen molar-refractivity contribution in [2.45, 2.75) is 32.1 Å². The summed E-state index contributed by atoms with van der Waals surface area (Å²) in [6.45, 7) is 2.31. The summed E-state index contributed by atoms with van der Waals surface area (Å²) >= 11 is 0. The fraction of sp³-hybridized carbons (Fsp3) is 0.312. The molecule has 1 aliphatic carbocycles. The van der Waals surface area contributed by atoms with Gasteiger partial charge in [0.25, 0.3) is 0 Å². The van der Waals surface area contributed by atoms with Crippen LogP contribution < -0.4 is 0 Å². The van der Waals surface area contributed by atoms with Crippen LogP contribution in [0.5, 0.6) is 0 Å². The zero-order valence-electron chi connectivity index (χ0n) is 10.2. The van der Waals surface area contributed by atoms with E-state index in [1.807, 2.05) is 6.07 Å². The summed E-state index contributed by atoms with van der Waals surface area (Å²) in [6, 6.07) is 14.9. The van der Waals surface area contributed by atoms with Gasteiger partial charge in [-0.3, -0.25) is 4.98 Å². The molecule has 0 saturated carbocycles. The molecule has 0 spiro atoms. The minimum atomic E-state index is 0.677. The van der Waals surface area contributed by atoms with E-state index in [4.69, 9.17) is 4.98 Å². The van der Waals surface area contributed by atoms with Crippen LogP contribution in [-0.4, -0.2) is 4.98 Å². The van der Waals surface area contributed by atoms with E-state index in [0.717, 1.165) is 12.1 Å². The molecule has 1 unspecified atom stereocenters. The Balaban J connectivity index is 2.04. The second-order valence-corrected chi connectivity index (χ2v) is 4.89. The number of nitrogens with zero attached hydrogens (tertiary/aromatic N) is 1. The molecule has 0 bridgehead atoms. The number of hydrogen-bond acceptors (Lipinski definition) is 1. The molecule has 0 saturated heterocycles. The van der Waals surface area contributed by atoms with E-state index in [0.29, 0.717) is 5.92 Å². The van der Waals surface area contributed by atoms with Crippen molar-refractivity contribution in [1.29, 1.82) is 0 Å². The highest BCUT2D eigenvalue weighted by Crippen LogP contribution is 2.31. The highest BCUT2D eigenvalue weighted by molar-refractivity contribution is 5.59. The first-order valence-electron chi connectivity index (χ1n) is 6.40. The molecule has 1 heteroatoms. The Labute approximate surface area is 103 Å². The molecule has 86 valence electrons. The van der Waals surface area contributed by atoms with Crippen molar-refractivity contribution in [1.82, 2.24) is 4.98 Å². The molecule has 17 heavy (non-hydrogen) atoms. The lowest BCUT2D eigenvalue weighted by Gasteiger charge is -2.21. The van der Waals surface area contributed by atoms with Gasteiger partial charge >= 0.3 is 0 Å². The van der Waals surface area contributed by atoms with Gasteiger partial charge in [0.05, 0.1) is 5.69 Å². The second kappa shape index (κ2) is 4.33. The molecule has 1 heterocycles. The van der Waals surface area contributed by atoms with Crippen LogP contribution in [0.25, 0.3) is 11.3 Å². The first-order chi connectivity index (χ1) is 8.34. The molecule has 3 rings (SSSR count). The van der Waals surface area contributed by atoms with Gasteiger partial charge in [0.1, 0.15) is 0 Å². The maximum atomic E-state index is 4.83. The summed E-state index contributed by atoms with van der Waals surface area (Å²) in [5.74, 6) is 0.677. The molecule has 1 aromatic heterocycles. The quantitative estimate of drug-likeness (QED) is 0.706. The van der Waals surface area contributed by atoms with Gasteiger partial charge in [0, 0.05) is 11.3 Å². The summed E-state index contributed by atoms with van der Waals surface area (Å²) in [5, 5.41) is 0. The predicted octanol–water partition coefficient (Wildman–Crippen LogP) is 4.19. The third-order valence-electron chi connectivity index (χ3n) is 3.66. The molecular weight excluding hydrogens is 206 g/mol. The summed E-state index contributed by atoms with van der Waals surface area (Å²) in [6.07, 6.45) is 3.72. The molecule has 0 aliphatic heterocycles. The standard InChI is InChI=1S/C16H17N/c1-12-6-5-9-16-14(12)10-11-15(17-16)13-7-3-2-4-8-13/h2-4,7-8,10-12H,5-6,9H2,1H3. The van der Waals surface area contributed by atoms with Gasteiger partial charge in [0.2, 0.25) is 0 Å². The zero-order valence-corrected chi connectivity index (χ0v) is 10.2. The molecule has 0 fully saturated rings. The number of aromatic nitrogens is 1. The van der Waals surface area contributed by atoms with Gasteiger partial charge in [-0.05, 0) is 36.8 Å².